The van der Waals surface area contributed by atoms with Crippen molar-refractivity contribution in [3.8, 4) is 5.69 Å². The summed E-state index contributed by atoms with van der Waals surface area (Å²) in [5.74, 6) is -0.302. The van der Waals surface area contributed by atoms with E-state index in [2.05, 4.69) is 10.1 Å². The lowest BCUT2D eigenvalue weighted by molar-refractivity contribution is -0.144. The molecule has 0 unspecified atom stereocenters. The molecular formula is C20H20ClN3O2. The first kappa shape index (κ1) is 18.1. The largest absolute Gasteiger partial charge is 0.459 e. The van der Waals surface area contributed by atoms with Crippen LogP contribution in [-0.4, -0.2) is 20.7 Å². The molecule has 2 heterocycles. The highest BCUT2D eigenvalue weighted by molar-refractivity contribution is 6.31. The van der Waals surface area contributed by atoms with Gasteiger partial charge in [-0.25, -0.2) is 4.68 Å². The number of esters is 1. The molecule has 0 saturated carbocycles. The van der Waals surface area contributed by atoms with Gasteiger partial charge in [0.2, 0.25) is 0 Å². The van der Waals surface area contributed by atoms with Gasteiger partial charge in [0.25, 0.3) is 0 Å². The Morgan fingerprint density at radius 3 is 2.69 bits per heavy atom. The highest BCUT2D eigenvalue weighted by Gasteiger charge is 2.17. The number of ether oxygens (including phenoxy) is 1. The lowest BCUT2D eigenvalue weighted by Crippen LogP contribution is -2.10. The van der Waals surface area contributed by atoms with Crippen molar-refractivity contribution in [1.82, 2.24) is 14.8 Å². The summed E-state index contributed by atoms with van der Waals surface area (Å²) >= 11 is 6.23. The Labute approximate surface area is 157 Å². The molecule has 5 nitrogen and oxygen atoms in total. The Bertz CT molecular complexity index is 936. The van der Waals surface area contributed by atoms with Crippen LogP contribution in [0, 0.1) is 20.8 Å². The zero-order valence-electron chi connectivity index (χ0n) is 15.0. The fourth-order valence-electron chi connectivity index (χ4n) is 2.73. The Hall–Kier alpha value is -2.66. The van der Waals surface area contributed by atoms with Gasteiger partial charge >= 0.3 is 5.97 Å². The molecule has 0 saturated heterocycles. The molecule has 26 heavy (non-hydrogen) atoms. The number of halogens is 1. The molecule has 6 heteroatoms. The molecule has 0 atom stereocenters. The van der Waals surface area contributed by atoms with Crippen molar-refractivity contribution in [3.05, 3.63) is 75.8 Å². The molecule has 0 aliphatic heterocycles. The summed E-state index contributed by atoms with van der Waals surface area (Å²) in [6.45, 7) is 5.95. The number of aryl methyl sites for hydroxylation is 2. The zero-order valence-corrected chi connectivity index (χ0v) is 15.7. The minimum atomic E-state index is -0.302. The smallest absolute Gasteiger partial charge is 0.310 e. The van der Waals surface area contributed by atoms with Gasteiger partial charge in [-0.2, -0.15) is 5.10 Å². The van der Waals surface area contributed by atoms with Crippen LogP contribution in [-0.2, 0) is 22.6 Å². The monoisotopic (exact) mass is 369 g/mol. The summed E-state index contributed by atoms with van der Waals surface area (Å²) in [6.07, 6.45) is 1.85. The van der Waals surface area contributed by atoms with E-state index in [0.717, 1.165) is 33.9 Å². The number of hydrogen-bond donors (Lipinski definition) is 0. The first-order valence-electron chi connectivity index (χ1n) is 8.33. The zero-order chi connectivity index (χ0) is 18.7. The number of carbonyl (C=O) groups is 1. The summed E-state index contributed by atoms with van der Waals surface area (Å²) in [7, 11) is 0. The van der Waals surface area contributed by atoms with Crippen molar-refractivity contribution in [1.29, 1.82) is 0 Å². The first-order chi connectivity index (χ1) is 12.5. The lowest BCUT2D eigenvalue weighted by Gasteiger charge is -2.08. The highest BCUT2D eigenvalue weighted by atomic mass is 35.5. The molecule has 3 rings (SSSR count). The van der Waals surface area contributed by atoms with Crippen molar-refractivity contribution in [2.75, 3.05) is 0 Å². The van der Waals surface area contributed by atoms with Crippen LogP contribution < -0.4 is 0 Å². The molecule has 0 radical (unpaired) electrons. The summed E-state index contributed by atoms with van der Waals surface area (Å²) < 4.78 is 7.14. The average Bonchev–Trinajstić information content (AvgIpc) is 2.91. The van der Waals surface area contributed by atoms with E-state index >= 15 is 0 Å². The number of benzene rings is 1. The summed E-state index contributed by atoms with van der Waals surface area (Å²) in [4.78, 5) is 16.4. The Balaban J connectivity index is 1.75. The van der Waals surface area contributed by atoms with E-state index in [4.69, 9.17) is 16.3 Å². The van der Waals surface area contributed by atoms with E-state index in [1.54, 1.807) is 6.20 Å². The van der Waals surface area contributed by atoms with E-state index in [1.807, 2.05) is 61.9 Å². The molecule has 0 aliphatic rings. The van der Waals surface area contributed by atoms with Gasteiger partial charge in [0.15, 0.2) is 0 Å². The predicted octanol–water partition coefficient (Wildman–Crippen LogP) is 4.13. The quantitative estimate of drug-likeness (QED) is 0.634. The maximum absolute atomic E-state index is 12.2. The van der Waals surface area contributed by atoms with Gasteiger partial charge in [-0.05, 0) is 50.6 Å². The number of aromatic nitrogens is 3. The average molecular weight is 370 g/mol. The fraction of sp³-hybridized carbons (Fsp3) is 0.250. The summed E-state index contributed by atoms with van der Waals surface area (Å²) in [5, 5.41) is 5.25. The maximum atomic E-state index is 12.2. The third kappa shape index (κ3) is 3.94. The minimum absolute atomic E-state index is 0.166. The molecule has 0 bridgehead atoms. The molecule has 0 N–H and O–H groups in total. The van der Waals surface area contributed by atoms with Gasteiger partial charge in [-0.1, -0.05) is 23.7 Å². The fourth-order valence-corrected chi connectivity index (χ4v) is 2.90. The van der Waals surface area contributed by atoms with Crippen LogP contribution in [0.1, 0.15) is 28.2 Å². The van der Waals surface area contributed by atoms with Gasteiger partial charge < -0.3 is 4.74 Å². The SMILES string of the molecule is Cc1ccc(-n2nc(C)c(CC(=O)OCc3ccccn3)c2C)cc1Cl. The molecule has 0 amide bonds. The van der Waals surface area contributed by atoms with Crippen LogP contribution in [0.5, 0.6) is 0 Å². The topological polar surface area (TPSA) is 57.0 Å². The number of nitrogens with zero attached hydrogens (tertiary/aromatic N) is 3. The van der Waals surface area contributed by atoms with Gasteiger partial charge in [0, 0.05) is 22.5 Å². The lowest BCUT2D eigenvalue weighted by atomic mass is 10.1. The Morgan fingerprint density at radius 1 is 1.19 bits per heavy atom. The van der Waals surface area contributed by atoms with Crippen molar-refractivity contribution in [3.63, 3.8) is 0 Å². The summed E-state index contributed by atoms with van der Waals surface area (Å²) in [5.41, 5.74) is 5.17. The van der Waals surface area contributed by atoms with Crippen LogP contribution >= 0.6 is 11.6 Å². The van der Waals surface area contributed by atoms with E-state index < -0.39 is 0 Å². The van der Waals surface area contributed by atoms with E-state index in [0.29, 0.717) is 5.02 Å². The van der Waals surface area contributed by atoms with Crippen LogP contribution in [0.15, 0.2) is 42.6 Å². The molecule has 0 aliphatic carbocycles. The van der Waals surface area contributed by atoms with Crippen LogP contribution in [0.3, 0.4) is 0 Å². The van der Waals surface area contributed by atoms with Crippen molar-refractivity contribution >= 4 is 17.6 Å². The normalized spacial score (nSPS) is 10.8. The number of rotatable bonds is 5. The van der Waals surface area contributed by atoms with Gasteiger partial charge in [-0.3, -0.25) is 9.78 Å². The third-order valence-corrected chi connectivity index (χ3v) is 4.68. The van der Waals surface area contributed by atoms with Crippen LogP contribution in [0.2, 0.25) is 5.02 Å². The Kier molecular flexibility index (Phi) is 5.38. The second kappa shape index (κ2) is 7.70. The second-order valence-corrected chi connectivity index (χ2v) is 6.56. The highest BCUT2D eigenvalue weighted by Crippen LogP contribution is 2.23. The minimum Gasteiger partial charge on any atom is -0.459 e. The third-order valence-electron chi connectivity index (χ3n) is 4.27. The van der Waals surface area contributed by atoms with E-state index in [-0.39, 0.29) is 19.0 Å². The van der Waals surface area contributed by atoms with Crippen molar-refractivity contribution in [2.24, 2.45) is 0 Å². The molecule has 3 aromatic rings. The second-order valence-electron chi connectivity index (χ2n) is 6.15. The summed E-state index contributed by atoms with van der Waals surface area (Å²) in [6, 6.07) is 11.3. The molecule has 134 valence electrons. The van der Waals surface area contributed by atoms with Crippen molar-refractivity contribution in [2.45, 2.75) is 33.8 Å². The van der Waals surface area contributed by atoms with Gasteiger partial charge in [0.1, 0.15) is 6.61 Å². The Morgan fingerprint density at radius 2 is 2.00 bits per heavy atom. The maximum Gasteiger partial charge on any atom is 0.310 e. The predicted molar refractivity (Wildman–Crippen MR) is 101 cm³/mol. The van der Waals surface area contributed by atoms with Gasteiger partial charge in [-0.15, -0.1) is 0 Å². The van der Waals surface area contributed by atoms with Crippen LogP contribution in [0.4, 0.5) is 0 Å². The molecule has 2 aromatic heterocycles. The van der Waals surface area contributed by atoms with E-state index in [9.17, 15) is 4.79 Å². The number of hydrogen-bond acceptors (Lipinski definition) is 4. The van der Waals surface area contributed by atoms with Crippen molar-refractivity contribution < 1.29 is 9.53 Å². The van der Waals surface area contributed by atoms with E-state index in [1.165, 1.54) is 0 Å². The number of carbonyl (C=O) groups excluding carboxylic acids is 1. The molecular weight excluding hydrogens is 350 g/mol. The molecule has 0 fully saturated rings. The first-order valence-corrected chi connectivity index (χ1v) is 8.70. The molecule has 1 aromatic carbocycles. The van der Waals surface area contributed by atoms with Crippen LogP contribution in [0.25, 0.3) is 5.69 Å². The number of pyridine rings is 1. The standard InChI is InChI=1S/C20H20ClN3O2/c1-13-7-8-17(10-19(13)21)24-15(3)18(14(2)23-24)11-20(25)26-12-16-6-4-5-9-22-16/h4-10H,11-12H2,1-3H3. The van der Waals surface area contributed by atoms with Gasteiger partial charge in [0.05, 0.1) is 23.5 Å². The molecule has 0 spiro atoms.